The maximum atomic E-state index is 13.3. The van der Waals surface area contributed by atoms with E-state index < -0.39 is 16.5 Å². The third kappa shape index (κ3) is 5.51. The van der Waals surface area contributed by atoms with Gasteiger partial charge in [0.1, 0.15) is 23.7 Å². The molecule has 8 nitrogen and oxygen atoms in total. The molecule has 3 aromatic carbocycles. The monoisotopic (exact) mass is 440 g/mol. The van der Waals surface area contributed by atoms with Gasteiger partial charge in [0, 0.05) is 17.8 Å². The number of methoxy groups -OCH3 is 1. The lowest BCUT2D eigenvalue weighted by atomic mass is 10.1. The van der Waals surface area contributed by atoms with Gasteiger partial charge in [0.05, 0.1) is 24.7 Å². The molecule has 0 unspecified atom stereocenters. The third-order valence-electron chi connectivity index (χ3n) is 4.41. The number of ether oxygens (including phenoxy) is 3. The Hall–Kier alpha value is -4.14. The number of nitro groups is 1. The van der Waals surface area contributed by atoms with Gasteiger partial charge >= 0.3 is 0 Å². The number of nitro benzene ring substituents is 1. The predicted octanol–water partition coefficient (Wildman–Crippen LogP) is 4.97. The Labute approximate surface area is 183 Å². The van der Waals surface area contributed by atoms with Crippen LogP contribution < -0.4 is 19.5 Å². The van der Waals surface area contributed by atoms with Gasteiger partial charge in [-0.15, -0.1) is 0 Å². The standard InChI is InChI=1S/C23H21FN2O6/c1-3-31-22-12-19(20(26(28)29)13-21(22)30-2)23(27)25-17-8-5-9-18(11-17)32-14-15-6-4-7-16(24)10-15/h4-13H,3,14H2,1-2H3,(H,25,27). The molecule has 9 heteroatoms. The number of carbonyl (C=O) groups excluding carboxylic acids is 1. The van der Waals surface area contributed by atoms with Gasteiger partial charge in [-0.1, -0.05) is 18.2 Å². The second-order valence-corrected chi connectivity index (χ2v) is 6.61. The van der Waals surface area contributed by atoms with Crippen LogP contribution in [0.4, 0.5) is 15.8 Å². The molecular weight excluding hydrogens is 419 g/mol. The highest BCUT2D eigenvalue weighted by atomic mass is 19.1. The van der Waals surface area contributed by atoms with E-state index in [-0.39, 0.29) is 29.5 Å². The second kappa shape index (κ2) is 10.3. The molecule has 0 aliphatic heterocycles. The van der Waals surface area contributed by atoms with Crippen LogP contribution in [0.3, 0.4) is 0 Å². The van der Waals surface area contributed by atoms with Gasteiger partial charge in [-0.3, -0.25) is 14.9 Å². The summed E-state index contributed by atoms with van der Waals surface area (Å²) < 4.78 is 29.5. The fourth-order valence-electron chi connectivity index (χ4n) is 2.97. The van der Waals surface area contributed by atoms with Crippen molar-refractivity contribution < 1.29 is 28.3 Å². The highest BCUT2D eigenvalue weighted by Crippen LogP contribution is 2.35. The zero-order valence-corrected chi connectivity index (χ0v) is 17.5. The van der Waals surface area contributed by atoms with Crippen molar-refractivity contribution in [3.05, 3.63) is 87.7 Å². The summed E-state index contributed by atoms with van der Waals surface area (Å²) >= 11 is 0. The Morgan fingerprint density at radius 2 is 1.84 bits per heavy atom. The summed E-state index contributed by atoms with van der Waals surface area (Å²) in [5, 5.41) is 14.1. The highest BCUT2D eigenvalue weighted by molar-refractivity contribution is 6.07. The van der Waals surface area contributed by atoms with E-state index in [0.29, 0.717) is 23.6 Å². The van der Waals surface area contributed by atoms with E-state index in [9.17, 15) is 19.3 Å². The number of anilines is 1. The molecule has 0 fully saturated rings. The number of amides is 1. The van der Waals surface area contributed by atoms with Crippen molar-refractivity contribution in [2.24, 2.45) is 0 Å². The molecule has 1 amide bonds. The first-order chi connectivity index (χ1) is 15.4. The molecule has 0 aliphatic carbocycles. The van der Waals surface area contributed by atoms with E-state index in [4.69, 9.17) is 14.2 Å². The Kier molecular flexibility index (Phi) is 7.22. The van der Waals surface area contributed by atoms with Crippen LogP contribution in [0.1, 0.15) is 22.8 Å². The lowest BCUT2D eigenvalue weighted by molar-refractivity contribution is -0.385. The van der Waals surface area contributed by atoms with Gasteiger partial charge < -0.3 is 19.5 Å². The van der Waals surface area contributed by atoms with Crippen LogP contribution in [0.5, 0.6) is 17.2 Å². The minimum atomic E-state index is -0.692. The van der Waals surface area contributed by atoms with Crippen LogP contribution in [0.25, 0.3) is 0 Å². The molecule has 0 bridgehead atoms. The number of nitrogens with one attached hydrogen (secondary N) is 1. The maximum Gasteiger partial charge on any atom is 0.286 e. The largest absolute Gasteiger partial charge is 0.493 e. The van der Waals surface area contributed by atoms with Crippen LogP contribution in [0, 0.1) is 15.9 Å². The summed E-state index contributed by atoms with van der Waals surface area (Å²) in [6, 6.07) is 15.0. The third-order valence-corrected chi connectivity index (χ3v) is 4.41. The quantitative estimate of drug-likeness (QED) is 0.372. The Balaban J connectivity index is 1.80. The number of rotatable bonds is 9. The summed E-state index contributed by atoms with van der Waals surface area (Å²) in [5.41, 5.74) is 0.429. The van der Waals surface area contributed by atoms with E-state index in [2.05, 4.69) is 5.32 Å². The molecule has 3 rings (SSSR count). The number of hydrogen-bond donors (Lipinski definition) is 1. The van der Waals surface area contributed by atoms with Crippen molar-refractivity contribution in [1.29, 1.82) is 0 Å². The van der Waals surface area contributed by atoms with Crippen LogP contribution in [0.15, 0.2) is 60.7 Å². The Morgan fingerprint density at radius 3 is 2.53 bits per heavy atom. The first kappa shape index (κ1) is 22.5. The molecule has 166 valence electrons. The van der Waals surface area contributed by atoms with Gasteiger partial charge in [0.25, 0.3) is 11.6 Å². The number of halogens is 1. The SMILES string of the molecule is CCOc1cc(C(=O)Nc2cccc(OCc3cccc(F)c3)c2)c([N+](=O)[O-])cc1OC. The first-order valence-electron chi connectivity index (χ1n) is 9.69. The molecule has 3 aromatic rings. The molecule has 0 saturated heterocycles. The molecule has 0 heterocycles. The van der Waals surface area contributed by atoms with Crippen LogP contribution in [-0.4, -0.2) is 24.5 Å². The van der Waals surface area contributed by atoms with Crippen LogP contribution in [-0.2, 0) is 6.61 Å². The minimum Gasteiger partial charge on any atom is -0.493 e. The molecule has 0 aromatic heterocycles. The zero-order valence-electron chi connectivity index (χ0n) is 17.5. The van der Waals surface area contributed by atoms with Gasteiger partial charge in [-0.2, -0.15) is 0 Å². The number of carbonyl (C=O) groups is 1. The van der Waals surface area contributed by atoms with E-state index >= 15 is 0 Å². The lowest BCUT2D eigenvalue weighted by Crippen LogP contribution is -2.14. The van der Waals surface area contributed by atoms with Crippen LogP contribution >= 0.6 is 0 Å². The topological polar surface area (TPSA) is 99.9 Å². The number of benzene rings is 3. The van der Waals surface area contributed by atoms with Crippen molar-refractivity contribution in [3.63, 3.8) is 0 Å². The van der Waals surface area contributed by atoms with Crippen molar-refractivity contribution in [1.82, 2.24) is 0 Å². The normalized spacial score (nSPS) is 10.3. The van der Waals surface area contributed by atoms with Crippen molar-refractivity contribution in [2.75, 3.05) is 19.0 Å². The predicted molar refractivity (Wildman–Crippen MR) is 116 cm³/mol. The van der Waals surface area contributed by atoms with E-state index in [1.165, 1.54) is 25.3 Å². The van der Waals surface area contributed by atoms with E-state index in [1.54, 1.807) is 43.3 Å². The molecular formula is C23H21FN2O6. The molecule has 32 heavy (non-hydrogen) atoms. The zero-order chi connectivity index (χ0) is 23.1. The van der Waals surface area contributed by atoms with Gasteiger partial charge in [-0.05, 0) is 36.8 Å². The van der Waals surface area contributed by atoms with E-state index in [1.807, 2.05) is 0 Å². The summed E-state index contributed by atoms with van der Waals surface area (Å²) in [6.07, 6.45) is 0. The lowest BCUT2D eigenvalue weighted by Gasteiger charge is -2.13. The van der Waals surface area contributed by atoms with Gasteiger partial charge in [0.15, 0.2) is 11.5 Å². The maximum absolute atomic E-state index is 13.3. The fraction of sp³-hybridized carbons (Fsp3) is 0.174. The summed E-state index contributed by atoms with van der Waals surface area (Å²) in [6.45, 7) is 2.17. The molecule has 0 spiro atoms. The average Bonchev–Trinajstić information content (AvgIpc) is 2.78. The summed E-state index contributed by atoms with van der Waals surface area (Å²) in [5.74, 6) is -0.241. The number of nitrogens with zero attached hydrogens (tertiary/aromatic N) is 1. The molecule has 0 radical (unpaired) electrons. The molecule has 1 N–H and O–H groups in total. The smallest absolute Gasteiger partial charge is 0.286 e. The second-order valence-electron chi connectivity index (χ2n) is 6.61. The molecule has 0 atom stereocenters. The Bertz CT molecular complexity index is 1140. The minimum absolute atomic E-state index is 0.136. The fourth-order valence-corrected chi connectivity index (χ4v) is 2.97. The van der Waals surface area contributed by atoms with Crippen molar-refractivity contribution in [2.45, 2.75) is 13.5 Å². The van der Waals surface area contributed by atoms with E-state index in [0.717, 1.165) is 6.07 Å². The van der Waals surface area contributed by atoms with Crippen LogP contribution in [0.2, 0.25) is 0 Å². The molecule has 0 aliphatic rings. The van der Waals surface area contributed by atoms with Crippen molar-refractivity contribution >= 4 is 17.3 Å². The molecule has 0 saturated carbocycles. The first-order valence-corrected chi connectivity index (χ1v) is 9.69. The average molecular weight is 440 g/mol. The summed E-state index contributed by atoms with van der Waals surface area (Å²) in [7, 11) is 1.36. The number of hydrogen-bond acceptors (Lipinski definition) is 6. The van der Waals surface area contributed by atoms with Crippen molar-refractivity contribution in [3.8, 4) is 17.2 Å². The Morgan fingerprint density at radius 1 is 1.06 bits per heavy atom. The van der Waals surface area contributed by atoms with Gasteiger partial charge in [-0.25, -0.2) is 4.39 Å². The van der Waals surface area contributed by atoms with Gasteiger partial charge in [0.2, 0.25) is 0 Å². The summed E-state index contributed by atoms with van der Waals surface area (Å²) in [4.78, 5) is 23.7. The highest BCUT2D eigenvalue weighted by Gasteiger charge is 2.25.